The highest BCUT2D eigenvalue weighted by molar-refractivity contribution is 5.94. The summed E-state index contributed by atoms with van der Waals surface area (Å²) in [6, 6.07) is 13.8. The number of hydrogen-bond donors (Lipinski definition) is 2. The van der Waals surface area contributed by atoms with E-state index in [1.54, 1.807) is 0 Å². The molecule has 6 heteroatoms. The van der Waals surface area contributed by atoms with Gasteiger partial charge >= 0.3 is 0 Å². The van der Waals surface area contributed by atoms with Crippen LogP contribution in [0.4, 0.5) is 11.4 Å². The zero-order valence-electron chi connectivity index (χ0n) is 17.2. The van der Waals surface area contributed by atoms with Crippen LogP contribution in [-0.2, 0) is 22.6 Å². The number of hydrogen-bond acceptors (Lipinski definition) is 3. The fraction of sp³-hybridized carbons (Fsp3) is 0.333. The number of aryl methyl sites for hydroxylation is 2. The molecule has 156 valence electrons. The predicted octanol–water partition coefficient (Wildman–Crippen LogP) is 4.73. The first-order chi connectivity index (χ1) is 14.6. The van der Waals surface area contributed by atoms with Gasteiger partial charge in [0.15, 0.2) is 0 Å². The van der Waals surface area contributed by atoms with E-state index >= 15 is 0 Å². The molecule has 2 N–H and O–H groups in total. The minimum absolute atomic E-state index is 0.0147. The molecular weight excluding hydrogens is 378 g/mol. The predicted molar refractivity (Wildman–Crippen MR) is 119 cm³/mol. The van der Waals surface area contributed by atoms with Crippen molar-refractivity contribution in [3.05, 3.63) is 54.2 Å². The first-order valence-corrected chi connectivity index (χ1v) is 10.6. The molecule has 0 unspecified atom stereocenters. The van der Waals surface area contributed by atoms with Gasteiger partial charge in [-0.05, 0) is 67.3 Å². The van der Waals surface area contributed by atoms with Gasteiger partial charge in [-0.1, -0.05) is 6.92 Å². The Labute approximate surface area is 176 Å². The SMILES string of the molecule is CCCn1ccc2cc(NC(=O)CCCOc3ccc4c(c3)CCC(=O)N4)ccc21. The molecule has 0 atom stereocenters. The fourth-order valence-electron chi connectivity index (χ4n) is 3.81. The third-order valence-electron chi connectivity index (χ3n) is 5.31. The van der Waals surface area contributed by atoms with Crippen LogP contribution in [0.2, 0.25) is 0 Å². The number of anilines is 2. The number of rotatable bonds is 8. The largest absolute Gasteiger partial charge is 0.494 e. The molecule has 2 heterocycles. The van der Waals surface area contributed by atoms with Crippen molar-refractivity contribution in [3.63, 3.8) is 0 Å². The van der Waals surface area contributed by atoms with Crippen LogP contribution in [0.5, 0.6) is 5.75 Å². The number of benzene rings is 2. The Morgan fingerprint density at radius 2 is 2.07 bits per heavy atom. The van der Waals surface area contributed by atoms with E-state index in [2.05, 4.69) is 40.5 Å². The molecule has 2 amide bonds. The molecule has 0 bridgehead atoms. The lowest BCUT2D eigenvalue weighted by atomic mass is 10.0. The molecule has 0 aliphatic carbocycles. The van der Waals surface area contributed by atoms with Crippen molar-refractivity contribution in [1.29, 1.82) is 0 Å². The number of aromatic nitrogens is 1. The van der Waals surface area contributed by atoms with Crippen LogP contribution in [0.15, 0.2) is 48.7 Å². The third kappa shape index (κ3) is 4.64. The van der Waals surface area contributed by atoms with Crippen LogP contribution in [0.1, 0.15) is 38.2 Å². The van der Waals surface area contributed by atoms with Crippen molar-refractivity contribution < 1.29 is 14.3 Å². The molecule has 0 saturated carbocycles. The molecule has 4 rings (SSSR count). The van der Waals surface area contributed by atoms with E-state index in [1.165, 1.54) is 5.52 Å². The summed E-state index contributed by atoms with van der Waals surface area (Å²) in [6.45, 7) is 3.63. The molecule has 3 aromatic rings. The van der Waals surface area contributed by atoms with Gasteiger partial charge < -0.3 is 19.9 Å². The average molecular weight is 405 g/mol. The van der Waals surface area contributed by atoms with Gasteiger partial charge in [0.1, 0.15) is 5.75 Å². The third-order valence-corrected chi connectivity index (χ3v) is 5.31. The number of amides is 2. The summed E-state index contributed by atoms with van der Waals surface area (Å²) in [7, 11) is 0. The normalized spacial score (nSPS) is 13.0. The van der Waals surface area contributed by atoms with Gasteiger partial charge in [-0.3, -0.25) is 9.59 Å². The van der Waals surface area contributed by atoms with Crippen LogP contribution < -0.4 is 15.4 Å². The number of ether oxygens (including phenoxy) is 1. The Balaban J connectivity index is 1.24. The van der Waals surface area contributed by atoms with Crippen molar-refractivity contribution in [3.8, 4) is 5.75 Å². The van der Waals surface area contributed by atoms with Crippen LogP contribution >= 0.6 is 0 Å². The van der Waals surface area contributed by atoms with E-state index in [4.69, 9.17) is 4.74 Å². The second-order valence-corrected chi connectivity index (χ2v) is 7.65. The van der Waals surface area contributed by atoms with Crippen molar-refractivity contribution in [2.24, 2.45) is 0 Å². The Bertz CT molecular complexity index is 1070. The molecule has 2 aromatic carbocycles. The minimum atomic E-state index is -0.0147. The summed E-state index contributed by atoms with van der Waals surface area (Å²) in [5, 5.41) is 6.97. The summed E-state index contributed by atoms with van der Waals surface area (Å²) in [4.78, 5) is 23.7. The second-order valence-electron chi connectivity index (χ2n) is 7.65. The van der Waals surface area contributed by atoms with Gasteiger partial charge in [-0.2, -0.15) is 0 Å². The topological polar surface area (TPSA) is 72.4 Å². The van der Waals surface area contributed by atoms with Crippen molar-refractivity contribution >= 4 is 34.1 Å². The maximum Gasteiger partial charge on any atom is 0.224 e. The maximum atomic E-state index is 12.3. The lowest BCUT2D eigenvalue weighted by molar-refractivity contribution is -0.117. The van der Waals surface area contributed by atoms with Gasteiger partial charge in [-0.25, -0.2) is 0 Å². The smallest absolute Gasteiger partial charge is 0.224 e. The number of carbonyl (C=O) groups is 2. The van der Waals surface area contributed by atoms with Gasteiger partial charge in [-0.15, -0.1) is 0 Å². The van der Waals surface area contributed by atoms with Crippen LogP contribution in [0.3, 0.4) is 0 Å². The number of fused-ring (bicyclic) bond motifs is 2. The van der Waals surface area contributed by atoms with E-state index in [1.807, 2.05) is 30.3 Å². The van der Waals surface area contributed by atoms with Gasteiger partial charge in [0, 0.05) is 47.9 Å². The molecule has 1 aliphatic heterocycles. The molecule has 30 heavy (non-hydrogen) atoms. The zero-order valence-corrected chi connectivity index (χ0v) is 17.2. The molecule has 0 radical (unpaired) electrons. The fourth-order valence-corrected chi connectivity index (χ4v) is 3.81. The Morgan fingerprint density at radius 3 is 2.93 bits per heavy atom. The Kier molecular flexibility index (Phi) is 6.02. The standard InChI is InChI=1S/C24H27N3O3/c1-2-12-27-13-11-18-15-19(6-9-22(18)27)25-23(28)4-3-14-30-20-7-8-21-17(16-20)5-10-24(29)26-21/h6-9,11,13,15-16H,2-5,10,12,14H2,1H3,(H,25,28)(H,26,29). The van der Waals surface area contributed by atoms with E-state index < -0.39 is 0 Å². The van der Waals surface area contributed by atoms with Crippen LogP contribution in [0, 0.1) is 0 Å². The highest BCUT2D eigenvalue weighted by Crippen LogP contribution is 2.27. The second kappa shape index (κ2) is 9.03. The van der Waals surface area contributed by atoms with E-state index in [-0.39, 0.29) is 11.8 Å². The van der Waals surface area contributed by atoms with Crippen molar-refractivity contribution in [1.82, 2.24) is 4.57 Å². The van der Waals surface area contributed by atoms with E-state index in [0.717, 1.165) is 47.5 Å². The molecule has 6 nitrogen and oxygen atoms in total. The average Bonchev–Trinajstić information content (AvgIpc) is 3.13. The molecule has 0 fully saturated rings. The molecule has 1 aliphatic rings. The van der Waals surface area contributed by atoms with E-state index in [9.17, 15) is 9.59 Å². The highest BCUT2D eigenvalue weighted by Gasteiger charge is 2.15. The number of carbonyl (C=O) groups excluding carboxylic acids is 2. The van der Waals surface area contributed by atoms with Gasteiger partial charge in [0.2, 0.25) is 11.8 Å². The first-order valence-electron chi connectivity index (χ1n) is 10.6. The van der Waals surface area contributed by atoms with Crippen LogP contribution in [-0.4, -0.2) is 23.0 Å². The molecule has 0 saturated heterocycles. The Hall–Kier alpha value is -3.28. The summed E-state index contributed by atoms with van der Waals surface area (Å²) >= 11 is 0. The molecule has 1 aromatic heterocycles. The highest BCUT2D eigenvalue weighted by atomic mass is 16.5. The van der Waals surface area contributed by atoms with Crippen molar-refractivity contribution in [2.75, 3.05) is 17.2 Å². The summed E-state index contributed by atoms with van der Waals surface area (Å²) in [5.41, 5.74) is 3.96. The van der Waals surface area contributed by atoms with Gasteiger partial charge in [0.25, 0.3) is 0 Å². The maximum absolute atomic E-state index is 12.3. The number of nitrogens with one attached hydrogen (secondary N) is 2. The summed E-state index contributed by atoms with van der Waals surface area (Å²) < 4.78 is 8.02. The molecule has 0 spiro atoms. The minimum Gasteiger partial charge on any atom is -0.494 e. The quantitative estimate of drug-likeness (QED) is 0.532. The summed E-state index contributed by atoms with van der Waals surface area (Å²) in [6.07, 6.45) is 5.45. The monoisotopic (exact) mass is 405 g/mol. The van der Waals surface area contributed by atoms with E-state index in [0.29, 0.717) is 25.9 Å². The Morgan fingerprint density at radius 1 is 1.17 bits per heavy atom. The van der Waals surface area contributed by atoms with Gasteiger partial charge in [0.05, 0.1) is 6.61 Å². The number of nitrogens with zero attached hydrogens (tertiary/aromatic N) is 1. The zero-order chi connectivity index (χ0) is 20.9. The first kappa shape index (κ1) is 20.0. The molecular formula is C24H27N3O3. The summed E-state index contributed by atoms with van der Waals surface area (Å²) in [5.74, 6) is 0.811. The lowest BCUT2D eigenvalue weighted by Crippen LogP contribution is -2.18. The van der Waals surface area contributed by atoms with Crippen molar-refractivity contribution in [2.45, 2.75) is 45.6 Å². The lowest BCUT2D eigenvalue weighted by Gasteiger charge is -2.17. The van der Waals surface area contributed by atoms with Crippen LogP contribution in [0.25, 0.3) is 10.9 Å².